The molecule has 0 saturated carbocycles. The molecule has 0 unspecified atom stereocenters. The van der Waals surface area contributed by atoms with Crippen molar-refractivity contribution >= 4 is 27.5 Å². The summed E-state index contributed by atoms with van der Waals surface area (Å²) in [5, 5.41) is 0.105. The number of halogens is 3. The minimum Gasteiger partial charge on any atom is -0.249 e. The van der Waals surface area contributed by atoms with E-state index in [1.165, 1.54) is 6.07 Å². The van der Waals surface area contributed by atoms with Gasteiger partial charge in [0.05, 0.1) is 5.02 Å². The SMILES string of the molecule is Fc1c(Cl)cccc1-c1[c]c(Br)ncc1. The number of hydrogen-bond donors (Lipinski definition) is 0. The molecule has 0 saturated heterocycles. The number of aromatic nitrogens is 1. The second-order valence-electron chi connectivity index (χ2n) is 2.88. The van der Waals surface area contributed by atoms with E-state index < -0.39 is 5.82 Å². The lowest BCUT2D eigenvalue weighted by molar-refractivity contribution is 0.631. The third-order valence-electron chi connectivity index (χ3n) is 1.91. The first kappa shape index (κ1) is 10.6. The second-order valence-corrected chi connectivity index (χ2v) is 4.03. The van der Waals surface area contributed by atoms with Crippen molar-refractivity contribution in [2.24, 2.45) is 0 Å². The van der Waals surface area contributed by atoms with Crippen LogP contribution in [0.25, 0.3) is 11.1 Å². The van der Waals surface area contributed by atoms with Crippen molar-refractivity contribution in [3.8, 4) is 11.1 Å². The van der Waals surface area contributed by atoms with Crippen LogP contribution in [0.15, 0.2) is 35.1 Å². The zero-order valence-electron chi connectivity index (χ0n) is 7.47. The number of benzene rings is 1. The molecule has 1 heterocycles. The Balaban J connectivity index is 2.59. The number of hydrogen-bond acceptors (Lipinski definition) is 1. The monoisotopic (exact) mass is 284 g/mol. The minimum absolute atomic E-state index is 0.105. The molecular weight excluding hydrogens is 280 g/mol. The predicted molar refractivity (Wildman–Crippen MR) is 61.2 cm³/mol. The van der Waals surface area contributed by atoms with Gasteiger partial charge in [0.1, 0.15) is 10.4 Å². The Morgan fingerprint density at radius 2 is 2.13 bits per heavy atom. The fourth-order valence-electron chi connectivity index (χ4n) is 1.23. The molecule has 0 spiro atoms. The van der Waals surface area contributed by atoms with E-state index in [1.54, 1.807) is 24.4 Å². The van der Waals surface area contributed by atoms with E-state index >= 15 is 0 Å². The van der Waals surface area contributed by atoms with Crippen LogP contribution in [0.3, 0.4) is 0 Å². The van der Waals surface area contributed by atoms with Crippen molar-refractivity contribution in [2.75, 3.05) is 0 Å². The van der Waals surface area contributed by atoms with E-state index in [-0.39, 0.29) is 5.02 Å². The molecule has 0 fully saturated rings. The zero-order valence-corrected chi connectivity index (χ0v) is 9.81. The van der Waals surface area contributed by atoms with Crippen LogP contribution in [-0.4, -0.2) is 4.98 Å². The van der Waals surface area contributed by atoms with E-state index in [1.807, 2.05) is 0 Å². The summed E-state index contributed by atoms with van der Waals surface area (Å²) in [5.74, 6) is -0.437. The molecule has 2 rings (SSSR count). The molecule has 0 aliphatic heterocycles. The van der Waals surface area contributed by atoms with Crippen LogP contribution in [0.5, 0.6) is 0 Å². The molecule has 0 aliphatic rings. The lowest BCUT2D eigenvalue weighted by Crippen LogP contribution is -1.86. The van der Waals surface area contributed by atoms with Crippen molar-refractivity contribution in [3.05, 3.63) is 52.0 Å². The summed E-state index contributed by atoms with van der Waals surface area (Å²) >= 11 is 8.87. The second kappa shape index (κ2) is 4.29. The summed E-state index contributed by atoms with van der Waals surface area (Å²) in [6.45, 7) is 0. The Morgan fingerprint density at radius 1 is 1.33 bits per heavy atom. The van der Waals surface area contributed by atoms with Crippen molar-refractivity contribution < 1.29 is 4.39 Å². The van der Waals surface area contributed by atoms with E-state index in [0.29, 0.717) is 15.7 Å². The van der Waals surface area contributed by atoms with Gasteiger partial charge in [-0.1, -0.05) is 23.7 Å². The molecule has 0 N–H and O–H groups in total. The maximum absolute atomic E-state index is 13.6. The van der Waals surface area contributed by atoms with Crippen molar-refractivity contribution in [2.45, 2.75) is 0 Å². The normalized spacial score (nSPS) is 10.3. The van der Waals surface area contributed by atoms with Crippen molar-refractivity contribution in [1.29, 1.82) is 0 Å². The van der Waals surface area contributed by atoms with Gasteiger partial charge >= 0.3 is 0 Å². The highest BCUT2D eigenvalue weighted by Crippen LogP contribution is 2.27. The molecule has 4 heteroatoms. The van der Waals surface area contributed by atoms with E-state index in [4.69, 9.17) is 11.6 Å². The third kappa shape index (κ3) is 2.19. The van der Waals surface area contributed by atoms with Crippen LogP contribution < -0.4 is 0 Å². The van der Waals surface area contributed by atoms with Crippen LogP contribution in [0.2, 0.25) is 5.02 Å². The number of nitrogens with zero attached hydrogens (tertiary/aromatic N) is 1. The predicted octanol–water partition coefficient (Wildman–Crippen LogP) is 4.10. The van der Waals surface area contributed by atoms with E-state index in [0.717, 1.165) is 0 Å². The van der Waals surface area contributed by atoms with Crippen LogP contribution >= 0.6 is 27.5 Å². The van der Waals surface area contributed by atoms with Gasteiger partial charge in [-0.3, -0.25) is 0 Å². The average molecular weight is 286 g/mol. The number of pyridine rings is 1. The summed E-state index contributed by atoms with van der Waals surface area (Å²) in [6, 6.07) is 9.44. The molecule has 0 aliphatic carbocycles. The van der Waals surface area contributed by atoms with Gasteiger partial charge in [0.2, 0.25) is 0 Å². The standard InChI is InChI=1S/C11H5BrClFN/c12-10-6-7(4-5-15-10)8-2-1-3-9(13)11(8)14/h1-5H. The summed E-state index contributed by atoms with van der Waals surface area (Å²) in [7, 11) is 0. The highest BCUT2D eigenvalue weighted by Gasteiger charge is 2.08. The Kier molecular flexibility index (Phi) is 3.03. The van der Waals surface area contributed by atoms with Crippen molar-refractivity contribution in [3.63, 3.8) is 0 Å². The number of rotatable bonds is 1. The molecule has 15 heavy (non-hydrogen) atoms. The van der Waals surface area contributed by atoms with E-state index in [2.05, 4.69) is 27.0 Å². The Labute approximate surface area is 100 Å². The first-order valence-corrected chi connectivity index (χ1v) is 5.34. The van der Waals surface area contributed by atoms with Gasteiger partial charge in [-0.25, -0.2) is 9.37 Å². The lowest BCUT2D eigenvalue weighted by Gasteiger charge is -2.03. The van der Waals surface area contributed by atoms with Gasteiger partial charge < -0.3 is 0 Å². The van der Waals surface area contributed by atoms with Crippen molar-refractivity contribution in [1.82, 2.24) is 4.98 Å². The Bertz CT molecular complexity index is 502. The fourth-order valence-corrected chi connectivity index (χ4v) is 1.74. The molecule has 0 amide bonds. The summed E-state index contributed by atoms with van der Waals surface area (Å²) in [6.07, 6.45) is 1.58. The highest BCUT2D eigenvalue weighted by atomic mass is 79.9. The largest absolute Gasteiger partial charge is 0.249 e. The smallest absolute Gasteiger partial charge is 0.149 e. The van der Waals surface area contributed by atoms with Crippen LogP contribution in [0, 0.1) is 11.9 Å². The maximum atomic E-state index is 13.6. The molecule has 1 radical (unpaired) electrons. The van der Waals surface area contributed by atoms with Gasteiger partial charge in [-0.15, -0.1) is 0 Å². The minimum atomic E-state index is -0.437. The van der Waals surface area contributed by atoms with Crippen LogP contribution in [0.1, 0.15) is 0 Å². The Morgan fingerprint density at radius 3 is 2.87 bits per heavy atom. The van der Waals surface area contributed by atoms with Crippen LogP contribution in [-0.2, 0) is 0 Å². The van der Waals surface area contributed by atoms with Crippen LogP contribution in [0.4, 0.5) is 4.39 Å². The Hall–Kier alpha value is -0.930. The van der Waals surface area contributed by atoms with Gasteiger partial charge in [0.25, 0.3) is 0 Å². The molecule has 1 aromatic heterocycles. The third-order valence-corrected chi connectivity index (χ3v) is 2.60. The van der Waals surface area contributed by atoms with Gasteiger partial charge in [-0.2, -0.15) is 0 Å². The highest BCUT2D eigenvalue weighted by molar-refractivity contribution is 9.10. The summed E-state index contributed by atoms with van der Waals surface area (Å²) < 4.78 is 14.2. The molecule has 1 nitrogen and oxygen atoms in total. The van der Waals surface area contributed by atoms with Gasteiger partial charge in [0.15, 0.2) is 0 Å². The quantitative estimate of drug-likeness (QED) is 0.719. The van der Waals surface area contributed by atoms with Gasteiger partial charge in [0, 0.05) is 17.8 Å². The molecule has 2 aromatic rings. The molecule has 1 aromatic carbocycles. The maximum Gasteiger partial charge on any atom is 0.149 e. The zero-order chi connectivity index (χ0) is 10.8. The molecular formula is C11H5BrClFN. The van der Waals surface area contributed by atoms with Gasteiger partial charge in [-0.05, 0) is 33.6 Å². The first-order chi connectivity index (χ1) is 7.18. The molecule has 75 valence electrons. The molecule has 0 bridgehead atoms. The molecule has 0 atom stereocenters. The average Bonchev–Trinajstić information content (AvgIpc) is 2.22. The summed E-state index contributed by atoms with van der Waals surface area (Å²) in [4.78, 5) is 3.92. The lowest BCUT2D eigenvalue weighted by atomic mass is 10.1. The summed E-state index contributed by atoms with van der Waals surface area (Å²) in [5.41, 5.74) is 1.04. The first-order valence-electron chi connectivity index (χ1n) is 4.16. The van der Waals surface area contributed by atoms with E-state index in [9.17, 15) is 4.39 Å². The topological polar surface area (TPSA) is 12.9 Å². The fraction of sp³-hybridized carbons (Fsp3) is 0.